The number of aryl methyl sites for hydroxylation is 1. The van der Waals surface area contributed by atoms with Gasteiger partial charge < -0.3 is 5.11 Å². The molecule has 0 spiro atoms. The van der Waals surface area contributed by atoms with Gasteiger partial charge in [0.15, 0.2) is 0 Å². The largest absolute Gasteiger partial charge is 0.387 e. The van der Waals surface area contributed by atoms with Crippen LogP contribution in [0.4, 0.5) is 0 Å². The maximum atomic E-state index is 10.8. The molecular formula is C19H27NO. The van der Waals surface area contributed by atoms with Crippen molar-refractivity contribution in [2.45, 2.75) is 59.5 Å². The van der Waals surface area contributed by atoms with E-state index < -0.39 is 11.5 Å². The molecule has 0 bridgehead atoms. The third-order valence-electron chi connectivity index (χ3n) is 5.21. The second kappa shape index (κ2) is 5.81. The molecule has 1 saturated carbocycles. The molecule has 1 aliphatic carbocycles. The number of hydrogen-bond donors (Lipinski definition) is 1. The highest BCUT2D eigenvalue weighted by atomic mass is 16.3. The first-order valence-electron chi connectivity index (χ1n) is 7.94. The Morgan fingerprint density at radius 2 is 1.90 bits per heavy atom. The van der Waals surface area contributed by atoms with E-state index in [1.54, 1.807) is 0 Å². The average Bonchev–Trinajstić information content (AvgIpc) is 2.45. The standard InChI is InChI=1S/C19H27NO/c1-14-6-5-7-15(12-14)17(21)19(13-20)10-8-16(9-11-19)18(2,3)4/h5-7,12,16-17,21H,8-11H2,1-4H3. The molecule has 1 atom stereocenters. The number of aliphatic hydroxyl groups is 1. The Bertz CT molecular complexity index is 527. The molecule has 1 fully saturated rings. The van der Waals surface area contributed by atoms with Crippen LogP contribution in [0.1, 0.15) is 63.7 Å². The molecule has 114 valence electrons. The van der Waals surface area contributed by atoms with Gasteiger partial charge in [0.1, 0.15) is 0 Å². The molecule has 1 aromatic rings. The molecule has 0 saturated heterocycles. The molecule has 21 heavy (non-hydrogen) atoms. The maximum absolute atomic E-state index is 10.8. The summed E-state index contributed by atoms with van der Waals surface area (Å²) in [6.45, 7) is 8.84. The van der Waals surface area contributed by atoms with Crippen molar-refractivity contribution in [3.05, 3.63) is 35.4 Å². The SMILES string of the molecule is Cc1cccc(C(O)C2(C#N)CCC(C(C)(C)C)CC2)c1. The summed E-state index contributed by atoms with van der Waals surface area (Å²) in [7, 11) is 0. The highest BCUT2D eigenvalue weighted by Crippen LogP contribution is 2.50. The minimum Gasteiger partial charge on any atom is -0.387 e. The zero-order valence-corrected chi connectivity index (χ0v) is 13.7. The van der Waals surface area contributed by atoms with Gasteiger partial charge in [0.05, 0.1) is 17.6 Å². The Morgan fingerprint density at radius 1 is 1.29 bits per heavy atom. The van der Waals surface area contributed by atoms with Crippen LogP contribution >= 0.6 is 0 Å². The first kappa shape index (κ1) is 16.0. The first-order chi connectivity index (χ1) is 9.78. The van der Waals surface area contributed by atoms with Crippen molar-refractivity contribution in [1.29, 1.82) is 5.26 Å². The number of benzene rings is 1. The van der Waals surface area contributed by atoms with Crippen LogP contribution in [-0.4, -0.2) is 5.11 Å². The lowest BCUT2D eigenvalue weighted by Gasteiger charge is -2.42. The molecule has 2 heteroatoms. The molecule has 2 nitrogen and oxygen atoms in total. The third kappa shape index (κ3) is 3.30. The molecule has 1 aromatic carbocycles. The lowest BCUT2D eigenvalue weighted by Crippen LogP contribution is -2.36. The van der Waals surface area contributed by atoms with Gasteiger partial charge in [0.2, 0.25) is 0 Å². The molecule has 1 N–H and O–H groups in total. The van der Waals surface area contributed by atoms with E-state index in [0.717, 1.165) is 36.8 Å². The van der Waals surface area contributed by atoms with Gasteiger partial charge in [-0.15, -0.1) is 0 Å². The Morgan fingerprint density at radius 3 is 2.38 bits per heavy atom. The fourth-order valence-electron chi connectivity index (χ4n) is 3.60. The first-order valence-corrected chi connectivity index (χ1v) is 7.94. The second-order valence-corrected chi connectivity index (χ2v) is 7.72. The number of hydrogen-bond acceptors (Lipinski definition) is 2. The Hall–Kier alpha value is -1.33. The number of nitrogens with zero attached hydrogens (tertiary/aromatic N) is 1. The van der Waals surface area contributed by atoms with E-state index in [1.807, 2.05) is 31.2 Å². The van der Waals surface area contributed by atoms with Crippen LogP contribution in [0, 0.1) is 35.0 Å². The lowest BCUT2D eigenvalue weighted by molar-refractivity contribution is 0.00839. The summed E-state index contributed by atoms with van der Waals surface area (Å²) in [4.78, 5) is 0. The van der Waals surface area contributed by atoms with Gasteiger partial charge in [-0.3, -0.25) is 0 Å². The van der Waals surface area contributed by atoms with E-state index in [4.69, 9.17) is 0 Å². The zero-order valence-electron chi connectivity index (χ0n) is 13.7. The van der Waals surface area contributed by atoms with Crippen LogP contribution in [0.3, 0.4) is 0 Å². The quantitative estimate of drug-likeness (QED) is 0.850. The Kier molecular flexibility index (Phi) is 4.44. The van der Waals surface area contributed by atoms with Gasteiger partial charge in [0.25, 0.3) is 0 Å². The molecule has 1 aliphatic rings. The van der Waals surface area contributed by atoms with E-state index in [2.05, 4.69) is 26.8 Å². The van der Waals surface area contributed by atoms with Gasteiger partial charge in [-0.25, -0.2) is 0 Å². The van der Waals surface area contributed by atoms with Crippen molar-refractivity contribution in [3.8, 4) is 6.07 Å². The van der Waals surface area contributed by atoms with E-state index >= 15 is 0 Å². The highest BCUT2D eigenvalue weighted by Gasteiger charge is 2.44. The molecular weight excluding hydrogens is 258 g/mol. The average molecular weight is 285 g/mol. The zero-order chi connectivity index (χ0) is 15.7. The maximum Gasteiger partial charge on any atom is 0.0976 e. The smallest absolute Gasteiger partial charge is 0.0976 e. The van der Waals surface area contributed by atoms with Gasteiger partial charge in [-0.05, 0) is 49.5 Å². The molecule has 0 heterocycles. The highest BCUT2D eigenvalue weighted by molar-refractivity contribution is 5.27. The van der Waals surface area contributed by atoms with E-state index in [9.17, 15) is 10.4 Å². The van der Waals surface area contributed by atoms with Crippen molar-refractivity contribution < 1.29 is 5.11 Å². The van der Waals surface area contributed by atoms with E-state index in [-0.39, 0.29) is 5.41 Å². The predicted molar refractivity (Wildman–Crippen MR) is 85.6 cm³/mol. The van der Waals surface area contributed by atoms with Crippen LogP contribution in [0.2, 0.25) is 0 Å². The summed E-state index contributed by atoms with van der Waals surface area (Å²) in [6.07, 6.45) is 2.96. The minimum absolute atomic E-state index is 0.288. The molecule has 0 aromatic heterocycles. The fourth-order valence-corrected chi connectivity index (χ4v) is 3.60. The third-order valence-corrected chi connectivity index (χ3v) is 5.21. The van der Waals surface area contributed by atoms with Crippen molar-refractivity contribution in [1.82, 2.24) is 0 Å². The predicted octanol–water partition coefficient (Wildman–Crippen LogP) is 4.77. The van der Waals surface area contributed by atoms with Crippen molar-refractivity contribution in [2.24, 2.45) is 16.7 Å². The van der Waals surface area contributed by atoms with Crippen molar-refractivity contribution in [2.75, 3.05) is 0 Å². The Labute approximate surface area is 128 Å². The summed E-state index contributed by atoms with van der Waals surface area (Å²) >= 11 is 0. The summed E-state index contributed by atoms with van der Waals surface area (Å²) in [5, 5.41) is 20.5. The van der Waals surface area contributed by atoms with Crippen LogP contribution in [-0.2, 0) is 0 Å². The van der Waals surface area contributed by atoms with Gasteiger partial charge in [-0.1, -0.05) is 50.6 Å². The summed E-state index contributed by atoms with van der Waals surface area (Å²) < 4.78 is 0. The van der Waals surface area contributed by atoms with E-state index in [1.165, 1.54) is 0 Å². The molecule has 0 radical (unpaired) electrons. The van der Waals surface area contributed by atoms with E-state index in [0.29, 0.717) is 5.92 Å². The molecule has 0 amide bonds. The summed E-state index contributed by atoms with van der Waals surface area (Å²) in [5.74, 6) is 0.642. The minimum atomic E-state index is -0.677. The van der Waals surface area contributed by atoms with Gasteiger partial charge in [0, 0.05) is 0 Å². The second-order valence-electron chi connectivity index (χ2n) is 7.72. The molecule has 1 unspecified atom stereocenters. The van der Waals surface area contributed by atoms with Crippen LogP contribution in [0.25, 0.3) is 0 Å². The van der Waals surface area contributed by atoms with Crippen molar-refractivity contribution >= 4 is 0 Å². The molecule has 0 aliphatic heterocycles. The topological polar surface area (TPSA) is 44.0 Å². The Balaban J connectivity index is 2.19. The molecule has 2 rings (SSSR count). The summed E-state index contributed by atoms with van der Waals surface area (Å²) in [6, 6.07) is 10.4. The normalized spacial score (nSPS) is 27.9. The number of aliphatic hydroxyl groups excluding tert-OH is 1. The van der Waals surface area contributed by atoms with Gasteiger partial charge >= 0.3 is 0 Å². The van der Waals surface area contributed by atoms with Gasteiger partial charge in [-0.2, -0.15) is 5.26 Å². The van der Waals surface area contributed by atoms with Crippen LogP contribution < -0.4 is 0 Å². The van der Waals surface area contributed by atoms with Crippen molar-refractivity contribution in [3.63, 3.8) is 0 Å². The van der Waals surface area contributed by atoms with Crippen LogP contribution in [0.15, 0.2) is 24.3 Å². The lowest BCUT2D eigenvalue weighted by atomic mass is 9.62. The fraction of sp³-hybridized carbons (Fsp3) is 0.632. The number of rotatable bonds is 2. The monoisotopic (exact) mass is 285 g/mol. The summed E-state index contributed by atoms with van der Waals surface area (Å²) in [5.41, 5.74) is 1.68. The van der Waals surface area contributed by atoms with Crippen LogP contribution in [0.5, 0.6) is 0 Å². The number of nitriles is 1.